The average Bonchev–Trinajstić information content (AvgIpc) is 2.56. The molecule has 1 amide bonds. The van der Waals surface area contributed by atoms with Crippen LogP contribution >= 0.6 is 24.2 Å². The van der Waals surface area contributed by atoms with E-state index in [0.717, 1.165) is 25.0 Å². The van der Waals surface area contributed by atoms with Crippen LogP contribution in [-0.2, 0) is 4.79 Å². The second-order valence-electron chi connectivity index (χ2n) is 5.83. The smallest absolute Gasteiger partial charge is 0.261 e. The molecule has 0 radical (unpaired) electrons. The van der Waals surface area contributed by atoms with Gasteiger partial charge in [-0.15, -0.1) is 24.2 Å². The number of hydrogen-bond acceptors (Lipinski definition) is 4. The monoisotopic (exact) mass is 358 g/mol. The maximum atomic E-state index is 12.3. The molecule has 23 heavy (non-hydrogen) atoms. The highest BCUT2D eigenvalue weighted by Crippen LogP contribution is 2.24. The van der Waals surface area contributed by atoms with Gasteiger partial charge in [-0.3, -0.25) is 4.79 Å². The molecule has 0 bridgehead atoms. The first-order chi connectivity index (χ1) is 10.6. The van der Waals surface area contributed by atoms with E-state index in [1.807, 2.05) is 30.5 Å². The maximum absolute atomic E-state index is 12.3. The van der Waals surface area contributed by atoms with Crippen LogP contribution in [0.25, 0.3) is 0 Å². The summed E-state index contributed by atoms with van der Waals surface area (Å²) >= 11 is 1.68. The second kappa shape index (κ2) is 10.1. The van der Waals surface area contributed by atoms with E-state index in [9.17, 15) is 4.79 Å². The van der Waals surface area contributed by atoms with Gasteiger partial charge in [-0.2, -0.15) is 0 Å². The maximum Gasteiger partial charge on any atom is 0.261 e. The van der Waals surface area contributed by atoms with Crippen LogP contribution in [0.4, 0.5) is 0 Å². The van der Waals surface area contributed by atoms with Gasteiger partial charge in [0.15, 0.2) is 6.10 Å². The molecule has 1 aliphatic rings. The number of ether oxygens (including phenoxy) is 1. The first-order valence-electron chi connectivity index (χ1n) is 7.95. The number of carbonyl (C=O) groups is 1. The molecule has 1 fully saturated rings. The van der Waals surface area contributed by atoms with Gasteiger partial charge in [0.25, 0.3) is 5.91 Å². The SMILES string of the molecule is CSc1ccc(OC(C)C(=O)NC2CCCCC2CN)cc1.Cl. The molecular formula is C17H27ClN2O2S. The molecule has 4 nitrogen and oxygen atoms in total. The van der Waals surface area contributed by atoms with Crippen molar-refractivity contribution in [2.75, 3.05) is 12.8 Å². The summed E-state index contributed by atoms with van der Waals surface area (Å²) in [5.41, 5.74) is 5.81. The minimum Gasteiger partial charge on any atom is -0.481 e. The number of amides is 1. The number of benzene rings is 1. The number of hydrogen-bond donors (Lipinski definition) is 2. The van der Waals surface area contributed by atoms with Crippen LogP contribution in [0.5, 0.6) is 5.75 Å². The molecule has 0 aromatic heterocycles. The molecule has 0 saturated heterocycles. The second-order valence-corrected chi connectivity index (χ2v) is 6.71. The van der Waals surface area contributed by atoms with Gasteiger partial charge in [-0.25, -0.2) is 0 Å². The Labute approximate surface area is 149 Å². The molecule has 3 atom stereocenters. The first-order valence-corrected chi connectivity index (χ1v) is 9.17. The number of thioether (sulfide) groups is 1. The molecule has 3 unspecified atom stereocenters. The van der Waals surface area contributed by atoms with Crippen LogP contribution in [0.1, 0.15) is 32.6 Å². The molecule has 130 valence electrons. The standard InChI is InChI=1S/C17H26N2O2S.ClH/c1-12(21-14-7-9-15(22-2)10-8-14)17(20)19-16-6-4-3-5-13(16)11-18;/h7-10,12-13,16H,3-6,11,18H2,1-2H3,(H,19,20);1H. The van der Waals surface area contributed by atoms with E-state index < -0.39 is 6.10 Å². The van der Waals surface area contributed by atoms with Gasteiger partial charge in [0.1, 0.15) is 5.75 Å². The molecule has 3 N–H and O–H groups in total. The van der Waals surface area contributed by atoms with E-state index in [1.165, 1.54) is 11.3 Å². The zero-order chi connectivity index (χ0) is 15.9. The van der Waals surface area contributed by atoms with Crippen molar-refractivity contribution in [1.82, 2.24) is 5.32 Å². The Morgan fingerprint density at radius 1 is 1.35 bits per heavy atom. The molecule has 1 aliphatic carbocycles. The molecule has 1 aromatic carbocycles. The quantitative estimate of drug-likeness (QED) is 0.766. The van der Waals surface area contributed by atoms with Crippen molar-refractivity contribution >= 4 is 30.1 Å². The molecule has 0 spiro atoms. The Bertz CT molecular complexity index is 484. The van der Waals surface area contributed by atoms with Crippen molar-refractivity contribution in [3.8, 4) is 5.75 Å². The van der Waals surface area contributed by atoms with Crippen LogP contribution in [0.3, 0.4) is 0 Å². The average molecular weight is 359 g/mol. The van der Waals surface area contributed by atoms with Crippen molar-refractivity contribution in [1.29, 1.82) is 0 Å². The summed E-state index contributed by atoms with van der Waals surface area (Å²) in [6.45, 7) is 2.43. The van der Waals surface area contributed by atoms with Gasteiger partial charge in [-0.1, -0.05) is 12.8 Å². The van der Waals surface area contributed by atoms with Gasteiger partial charge in [0.05, 0.1) is 0 Å². The van der Waals surface area contributed by atoms with Gasteiger partial charge in [0, 0.05) is 10.9 Å². The predicted molar refractivity (Wildman–Crippen MR) is 98.5 cm³/mol. The van der Waals surface area contributed by atoms with Gasteiger partial charge >= 0.3 is 0 Å². The van der Waals surface area contributed by atoms with Crippen molar-refractivity contribution in [2.45, 2.75) is 49.6 Å². The van der Waals surface area contributed by atoms with E-state index in [1.54, 1.807) is 18.7 Å². The van der Waals surface area contributed by atoms with Crippen molar-refractivity contribution < 1.29 is 9.53 Å². The lowest BCUT2D eigenvalue weighted by Gasteiger charge is -2.32. The Balaban J connectivity index is 0.00000264. The lowest BCUT2D eigenvalue weighted by molar-refractivity contribution is -0.128. The predicted octanol–water partition coefficient (Wildman–Crippen LogP) is 3.23. The topological polar surface area (TPSA) is 64.3 Å². The summed E-state index contributed by atoms with van der Waals surface area (Å²) in [6.07, 6.45) is 6.02. The van der Waals surface area contributed by atoms with E-state index >= 15 is 0 Å². The number of nitrogens with two attached hydrogens (primary N) is 1. The number of halogens is 1. The third-order valence-corrected chi connectivity index (χ3v) is 5.02. The van der Waals surface area contributed by atoms with E-state index in [-0.39, 0.29) is 24.4 Å². The third-order valence-electron chi connectivity index (χ3n) is 4.28. The molecule has 6 heteroatoms. The van der Waals surface area contributed by atoms with Crippen molar-refractivity contribution in [2.24, 2.45) is 11.7 Å². The Kier molecular flexibility index (Phi) is 8.81. The summed E-state index contributed by atoms with van der Waals surface area (Å²) in [7, 11) is 0. The fourth-order valence-corrected chi connectivity index (χ4v) is 3.30. The third kappa shape index (κ3) is 5.90. The molecule has 0 aliphatic heterocycles. The minimum absolute atomic E-state index is 0. The van der Waals surface area contributed by atoms with Gasteiger partial charge < -0.3 is 15.8 Å². The highest BCUT2D eigenvalue weighted by atomic mass is 35.5. The van der Waals surface area contributed by atoms with Gasteiger partial charge in [-0.05, 0) is 62.7 Å². The van der Waals surface area contributed by atoms with Crippen LogP contribution in [-0.4, -0.2) is 30.9 Å². The first kappa shape index (κ1) is 20.1. The molecule has 0 heterocycles. The van der Waals surface area contributed by atoms with Crippen LogP contribution in [0.2, 0.25) is 0 Å². The number of rotatable bonds is 6. The fourth-order valence-electron chi connectivity index (χ4n) is 2.89. The number of carbonyl (C=O) groups excluding carboxylic acids is 1. The van der Waals surface area contributed by atoms with Gasteiger partial charge in [0.2, 0.25) is 0 Å². The molecular weight excluding hydrogens is 332 g/mol. The van der Waals surface area contributed by atoms with Crippen molar-refractivity contribution in [3.63, 3.8) is 0 Å². The Morgan fingerprint density at radius 2 is 2.00 bits per heavy atom. The lowest BCUT2D eigenvalue weighted by atomic mass is 9.84. The summed E-state index contributed by atoms with van der Waals surface area (Å²) in [4.78, 5) is 13.5. The normalized spacial score (nSPS) is 21.9. The van der Waals surface area contributed by atoms with Crippen LogP contribution in [0.15, 0.2) is 29.2 Å². The highest BCUT2D eigenvalue weighted by Gasteiger charge is 2.27. The zero-order valence-corrected chi connectivity index (χ0v) is 15.4. The van der Waals surface area contributed by atoms with Crippen LogP contribution in [0, 0.1) is 5.92 Å². The summed E-state index contributed by atoms with van der Waals surface area (Å²) < 4.78 is 5.73. The highest BCUT2D eigenvalue weighted by molar-refractivity contribution is 7.98. The summed E-state index contributed by atoms with van der Waals surface area (Å²) in [5, 5.41) is 3.11. The summed E-state index contributed by atoms with van der Waals surface area (Å²) in [6, 6.07) is 7.99. The Morgan fingerprint density at radius 3 is 2.61 bits per heavy atom. The summed E-state index contributed by atoms with van der Waals surface area (Å²) in [5.74, 6) is 1.06. The largest absolute Gasteiger partial charge is 0.481 e. The minimum atomic E-state index is -0.500. The van der Waals surface area contributed by atoms with Crippen LogP contribution < -0.4 is 15.8 Å². The molecule has 1 saturated carbocycles. The molecule has 2 rings (SSSR count). The van der Waals surface area contributed by atoms with E-state index in [2.05, 4.69) is 5.32 Å². The fraction of sp³-hybridized carbons (Fsp3) is 0.588. The zero-order valence-electron chi connectivity index (χ0n) is 13.8. The Hall–Kier alpha value is -0.910. The van der Waals surface area contributed by atoms with Crippen molar-refractivity contribution in [3.05, 3.63) is 24.3 Å². The van der Waals surface area contributed by atoms with E-state index in [0.29, 0.717) is 12.5 Å². The lowest BCUT2D eigenvalue weighted by Crippen LogP contribution is -2.48. The van der Waals surface area contributed by atoms with E-state index in [4.69, 9.17) is 10.5 Å². The molecule has 1 aromatic rings. The number of nitrogens with one attached hydrogen (secondary N) is 1.